The highest BCUT2D eigenvalue weighted by molar-refractivity contribution is 14.1. The van der Waals surface area contributed by atoms with E-state index in [4.69, 9.17) is 0 Å². The summed E-state index contributed by atoms with van der Waals surface area (Å²) in [5.74, 6) is -1.10. The highest BCUT2D eigenvalue weighted by Crippen LogP contribution is 2.32. The number of phenolic OH excluding ortho intramolecular Hbond substituents is 1. The van der Waals surface area contributed by atoms with E-state index in [1.807, 2.05) is 0 Å². The number of benzene rings is 1. The minimum atomic E-state index is -0.818. The van der Waals surface area contributed by atoms with Crippen LogP contribution in [-0.4, -0.2) is 40.1 Å². The number of aliphatic carboxylic acids is 1. The Morgan fingerprint density at radius 1 is 1.30 bits per heavy atom. The lowest BCUT2D eigenvalue weighted by molar-refractivity contribution is -0.150. The number of carbonyl (C=O) groups excluding carboxylic acids is 1. The van der Waals surface area contributed by atoms with Crippen LogP contribution >= 0.6 is 22.6 Å². The van der Waals surface area contributed by atoms with Crippen LogP contribution in [0, 0.1) is 8.99 Å². The summed E-state index contributed by atoms with van der Waals surface area (Å²) in [6.07, 6.45) is 0.859. The molecule has 1 fully saturated rings. The molecule has 2 N–H and O–H groups in total. The van der Waals surface area contributed by atoms with Gasteiger partial charge in [-0.15, -0.1) is 0 Å². The Kier molecular flexibility index (Phi) is 4.22. The SMILES string of the molecule is CC1(C(=O)O)CCN(C(=O)c2cc(I)ccc2O)CC1. The fourth-order valence-electron chi connectivity index (χ4n) is 2.27. The fourth-order valence-corrected chi connectivity index (χ4v) is 2.76. The molecule has 0 radical (unpaired) electrons. The van der Waals surface area contributed by atoms with Crippen molar-refractivity contribution in [2.45, 2.75) is 19.8 Å². The lowest BCUT2D eigenvalue weighted by Crippen LogP contribution is -2.45. The highest BCUT2D eigenvalue weighted by atomic mass is 127. The number of phenols is 1. The predicted molar refractivity (Wildman–Crippen MR) is 81.7 cm³/mol. The Hall–Kier alpha value is -1.31. The minimum Gasteiger partial charge on any atom is -0.507 e. The first-order valence-electron chi connectivity index (χ1n) is 6.35. The first-order valence-corrected chi connectivity index (χ1v) is 7.42. The van der Waals surface area contributed by atoms with Crippen molar-refractivity contribution in [2.24, 2.45) is 5.41 Å². The van der Waals surface area contributed by atoms with Crippen molar-refractivity contribution in [2.75, 3.05) is 13.1 Å². The smallest absolute Gasteiger partial charge is 0.309 e. The Bertz CT molecular complexity index is 550. The van der Waals surface area contributed by atoms with E-state index in [1.165, 1.54) is 6.07 Å². The van der Waals surface area contributed by atoms with Gasteiger partial charge in [0.15, 0.2) is 0 Å². The standard InChI is InChI=1S/C14H16INO4/c1-14(13(19)20)4-6-16(7-5-14)12(18)10-8-9(15)2-3-11(10)17/h2-3,8,17H,4-7H2,1H3,(H,19,20). The number of hydrogen-bond acceptors (Lipinski definition) is 3. The topological polar surface area (TPSA) is 77.8 Å². The number of likely N-dealkylation sites (tertiary alicyclic amines) is 1. The third-order valence-corrected chi connectivity index (χ3v) is 4.53. The van der Waals surface area contributed by atoms with Gasteiger partial charge in [-0.3, -0.25) is 9.59 Å². The number of amides is 1. The second-order valence-corrected chi connectivity index (χ2v) is 6.57. The third-order valence-electron chi connectivity index (χ3n) is 3.86. The molecule has 5 nitrogen and oxygen atoms in total. The van der Waals surface area contributed by atoms with Gasteiger partial charge in [-0.2, -0.15) is 0 Å². The molecular formula is C14H16INO4. The number of hydrogen-bond donors (Lipinski definition) is 2. The monoisotopic (exact) mass is 389 g/mol. The Balaban J connectivity index is 2.13. The first kappa shape index (κ1) is 15.1. The number of halogens is 1. The molecule has 0 atom stereocenters. The van der Waals surface area contributed by atoms with Gasteiger partial charge in [-0.05, 0) is 60.6 Å². The van der Waals surface area contributed by atoms with E-state index in [2.05, 4.69) is 22.6 Å². The van der Waals surface area contributed by atoms with Crippen molar-refractivity contribution in [3.05, 3.63) is 27.3 Å². The van der Waals surface area contributed by atoms with Crippen LogP contribution in [0.15, 0.2) is 18.2 Å². The van der Waals surface area contributed by atoms with Crippen molar-refractivity contribution in [1.82, 2.24) is 4.90 Å². The van der Waals surface area contributed by atoms with Crippen LogP contribution < -0.4 is 0 Å². The molecule has 1 aliphatic heterocycles. The molecule has 1 aromatic carbocycles. The van der Waals surface area contributed by atoms with Gasteiger partial charge in [0.1, 0.15) is 5.75 Å². The van der Waals surface area contributed by atoms with Crippen LogP contribution in [0.25, 0.3) is 0 Å². The zero-order chi connectivity index (χ0) is 14.9. The van der Waals surface area contributed by atoms with Crippen molar-refractivity contribution in [1.29, 1.82) is 0 Å². The normalized spacial score (nSPS) is 17.8. The summed E-state index contributed by atoms with van der Waals surface area (Å²) in [5.41, 5.74) is -0.486. The Morgan fingerprint density at radius 3 is 2.45 bits per heavy atom. The van der Waals surface area contributed by atoms with Gasteiger partial charge < -0.3 is 15.1 Å². The van der Waals surface area contributed by atoms with Gasteiger partial charge in [0, 0.05) is 16.7 Å². The molecule has 0 saturated carbocycles. The molecule has 1 heterocycles. The molecule has 108 valence electrons. The van der Waals surface area contributed by atoms with Crippen LogP contribution in [0.2, 0.25) is 0 Å². The molecule has 2 rings (SSSR count). The largest absolute Gasteiger partial charge is 0.507 e. The van der Waals surface area contributed by atoms with Gasteiger partial charge in [0.25, 0.3) is 5.91 Å². The molecule has 0 spiro atoms. The van der Waals surface area contributed by atoms with Crippen LogP contribution in [0.1, 0.15) is 30.1 Å². The number of carboxylic acids is 1. The average molecular weight is 389 g/mol. The summed E-state index contributed by atoms with van der Waals surface area (Å²) in [7, 11) is 0. The van der Waals surface area contributed by atoms with E-state index in [0.29, 0.717) is 25.9 Å². The molecule has 0 aromatic heterocycles. The molecule has 1 aliphatic rings. The molecular weight excluding hydrogens is 373 g/mol. The van der Waals surface area contributed by atoms with Crippen LogP contribution in [0.3, 0.4) is 0 Å². The molecule has 1 aromatic rings. The lowest BCUT2D eigenvalue weighted by Gasteiger charge is -2.36. The van der Waals surface area contributed by atoms with Gasteiger partial charge in [0.2, 0.25) is 0 Å². The van der Waals surface area contributed by atoms with Crippen LogP contribution in [-0.2, 0) is 4.79 Å². The quantitative estimate of drug-likeness (QED) is 0.762. The first-order chi connectivity index (χ1) is 9.33. The van der Waals surface area contributed by atoms with Crippen LogP contribution in [0.4, 0.5) is 0 Å². The predicted octanol–water partition coefficient (Wildman–Crippen LogP) is 2.32. The van der Waals surface area contributed by atoms with E-state index in [0.717, 1.165) is 3.57 Å². The average Bonchev–Trinajstić information content (AvgIpc) is 2.41. The van der Waals surface area contributed by atoms with Crippen LogP contribution in [0.5, 0.6) is 5.75 Å². The van der Waals surface area contributed by atoms with Crippen molar-refractivity contribution in [3.8, 4) is 5.75 Å². The summed E-state index contributed by atoms with van der Waals surface area (Å²) in [5, 5.41) is 19.0. The Labute approximate surface area is 130 Å². The number of piperidine rings is 1. The number of aromatic hydroxyl groups is 1. The summed E-state index contributed by atoms with van der Waals surface area (Å²) in [6, 6.07) is 4.87. The number of nitrogens with zero attached hydrogens (tertiary/aromatic N) is 1. The van der Waals surface area contributed by atoms with E-state index < -0.39 is 11.4 Å². The van der Waals surface area contributed by atoms with Gasteiger partial charge in [-0.1, -0.05) is 0 Å². The fraction of sp³-hybridized carbons (Fsp3) is 0.429. The molecule has 0 unspecified atom stereocenters. The lowest BCUT2D eigenvalue weighted by atomic mass is 9.80. The van der Waals surface area contributed by atoms with E-state index in [1.54, 1.807) is 24.0 Å². The maximum atomic E-state index is 12.4. The van der Waals surface area contributed by atoms with E-state index in [9.17, 15) is 19.8 Å². The maximum Gasteiger partial charge on any atom is 0.309 e. The molecule has 0 bridgehead atoms. The summed E-state index contributed by atoms with van der Waals surface area (Å²) < 4.78 is 0.871. The van der Waals surface area contributed by atoms with E-state index in [-0.39, 0.29) is 17.2 Å². The molecule has 1 saturated heterocycles. The zero-order valence-corrected chi connectivity index (χ0v) is 13.3. The van der Waals surface area contributed by atoms with Gasteiger partial charge in [-0.25, -0.2) is 0 Å². The molecule has 6 heteroatoms. The van der Waals surface area contributed by atoms with Crippen molar-refractivity contribution in [3.63, 3.8) is 0 Å². The summed E-state index contributed by atoms with van der Waals surface area (Å²) >= 11 is 2.08. The minimum absolute atomic E-state index is 0.0398. The highest BCUT2D eigenvalue weighted by Gasteiger charge is 2.38. The second kappa shape index (κ2) is 5.59. The summed E-state index contributed by atoms with van der Waals surface area (Å²) in [4.78, 5) is 25.2. The molecule has 0 aliphatic carbocycles. The Morgan fingerprint density at radius 2 is 1.90 bits per heavy atom. The number of carbonyl (C=O) groups is 2. The second-order valence-electron chi connectivity index (χ2n) is 5.32. The number of rotatable bonds is 2. The number of carboxylic acid groups (broad SMARTS) is 1. The van der Waals surface area contributed by atoms with E-state index >= 15 is 0 Å². The third kappa shape index (κ3) is 2.89. The molecule has 1 amide bonds. The zero-order valence-electron chi connectivity index (χ0n) is 11.1. The van der Waals surface area contributed by atoms with Crippen molar-refractivity contribution >= 4 is 34.5 Å². The van der Waals surface area contributed by atoms with Gasteiger partial charge >= 0.3 is 5.97 Å². The molecule has 20 heavy (non-hydrogen) atoms. The van der Waals surface area contributed by atoms with Crippen molar-refractivity contribution < 1.29 is 19.8 Å². The maximum absolute atomic E-state index is 12.4. The summed E-state index contributed by atoms with van der Waals surface area (Å²) in [6.45, 7) is 2.50. The van der Waals surface area contributed by atoms with Gasteiger partial charge in [0.05, 0.1) is 11.0 Å².